The minimum absolute atomic E-state index is 0.0676. The first-order valence-electron chi connectivity index (χ1n) is 10.3. The van der Waals surface area contributed by atoms with Crippen LogP contribution < -0.4 is 10.1 Å². The number of nitrogens with one attached hydrogen (secondary N) is 1. The second-order valence-corrected chi connectivity index (χ2v) is 10.0. The van der Waals surface area contributed by atoms with Crippen molar-refractivity contribution in [2.24, 2.45) is 5.41 Å². The van der Waals surface area contributed by atoms with Gasteiger partial charge in [0.05, 0.1) is 45.0 Å². The molecule has 2 aliphatic carbocycles. The van der Waals surface area contributed by atoms with Gasteiger partial charge in [-0.05, 0) is 42.5 Å². The Labute approximate surface area is 191 Å². The van der Waals surface area contributed by atoms with Gasteiger partial charge < -0.3 is 10.1 Å². The summed E-state index contributed by atoms with van der Waals surface area (Å²) in [6, 6.07) is 10.9. The van der Waals surface area contributed by atoms with Crippen LogP contribution in [0.25, 0.3) is 11.0 Å². The molecule has 2 unspecified atom stereocenters. The van der Waals surface area contributed by atoms with E-state index >= 15 is 0 Å². The molecule has 2 aromatic carbocycles. The summed E-state index contributed by atoms with van der Waals surface area (Å²) in [5.74, 6) is 0.622. The van der Waals surface area contributed by atoms with E-state index in [4.69, 9.17) is 37.9 Å². The molecule has 160 valence electrons. The number of carbonyl (C=O) groups excluding carboxylic acids is 1. The summed E-state index contributed by atoms with van der Waals surface area (Å²) in [5.41, 5.74) is 2.22. The molecule has 31 heavy (non-hydrogen) atoms. The Kier molecular flexibility index (Phi) is 4.35. The fourth-order valence-corrected chi connectivity index (χ4v) is 5.86. The molecular formula is C24H23Cl2N3O2. The lowest BCUT2D eigenvalue weighted by molar-refractivity contribution is -0.125. The largest absolute Gasteiger partial charge is 0.497 e. The molecule has 0 saturated heterocycles. The molecule has 1 N–H and O–H groups in total. The summed E-state index contributed by atoms with van der Waals surface area (Å²) < 4.78 is 5.31. The Balaban J connectivity index is 1.69. The first-order valence-corrected chi connectivity index (χ1v) is 11.0. The van der Waals surface area contributed by atoms with Crippen LogP contribution in [0.5, 0.6) is 5.75 Å². The zero-order chi connectivity index (χ0) is 22.2. The fourth-order valence-electron chi connectivity index (χ4n) is 5.54. The van der Waals surface area contributed by atoms with Crippen molar-refractivity contribution in [1.29, 1.82) is 0 Å². The lowest BCUT2D eigenvalue weighted by Gasteiger charge is -2.39. The van der Waals surface area contributed by atoms with Crippen molar-refractivity contribution in [2.45, 2.75) is 44.4 Å². The smallest absolute Gasteiger partial charge is 0.237 e. The maximum atomic E-state index is 13.9. The number of halogens is 2. The van der Waals surface area contributed by atoms with Gasteiger partial charge in [0.2, 0.25) is 5.91 Å². The van der Waals surface area contributed by atoms with Gasteiger partial charge in [-0.15, -0.1) is 0 Å². The lowest BCUT2D eigenvalue weighted by atomic mass is 9.63. The minimum atomic E-state index is -0.798. The molecule has 3 aromatic rings. The number of ether oxygens (including phenoxy) is 1. The maximum Gasteiger partial charge on any atom is 0.237 e. The molecule has 1 heterocycles. The number of anilines is 1. The van der Waals surface area contributed by atoms with E-state index in [2.05, 4.69) is 26.1 Å². The van der Waals surface area contributed by atoms with E-state index in [1.54, 1.807) is 19.2 Å². The van der Waals surface area contributed by atoms with Gasteiger partial charge in [-0.3, -0.25) is 4.79 Å². The van der Waals surface area contributed by atoms with Crippen molar-refractivity contribution in [3.63, 3.8) is 0 Å². The SMILES string of the molecule is COc1cccc(NC(=O)C23CCC(C)(c4nc5cc(Cl)c(Cl)cc5nc42)C3(C)C)c1. The quantitative estimate of drug-likeness (QED) is 0.532. The number of carbonyl (C=O) groups is 1. The first kappa shape index (κ1) is 20.5. The highest BCUT2D eigenvalue weighted by Gasteiger charge is 2.73. The average Bonchev–Trinajstić information content (AvgIpc) is 3.03. The summed E-state index contributed by atoms with van der Waals surface area (Å²) in [5, 5.41) is 3.99. The van der Waals surface area contributed by atoms with Crippen LogP contribution in [-0.4, -0.2) is 23.0 Å². The average molecular weight is 456 g/mol. The third-order valence-corrected chi connectivity index (χ3v) is 8.52. The van der Waals surface area contributed by atoms with Crippen molar-refractivity contribution in [3.05, 3.63) is 57.8 Å². The van der Waals surface area contributed by atoms with E-state index in [1.165, 1.54) is 0 Å². The second-order valence-electron chi connectivity index (χ2n) is 9.22. The Bertz CT molecular complexity index is 1260. The molecule has 2 atom stereocenters. The van der Waals surface area contributed by atoms with E-state index in [-0.39, 0.29) is 16.7 Å². The third-order valence-electron chi connectivity index (χ3n) is 7.79. The zero-order valence-electron chi connectivity index (χ0n) is 17.8. The Hall–Kier alpha value is -2.37. The van der Waals surface area contributed by atoms with Gasteiger partial charge in [0.25, 0.3) is 0 Å². The molecule has 7 heteroatoms. The standard InChI is InChI=1S/C24H23Cl2N3O2/c1-22(2)23(3)8-9-24(22,21(30)27-13-6-5-7-14(10-13)31-4)20-19(23)28-17-11-15(25)16(26)12-18(17)29-20/h5-7,10-12H,8-9H2,1-4H3,(H,27,30). The molecule has 1 saturated carbocycles. The molecule has 0 aliphatic heterocycles. The number of rotatable bonds is 3. The van der Waals surface area contributed by atoms with Gasteiger partial charge in [-0.2, -0.15) is 0 Å². The highest BCUT2D eigenvalue weighted by Crippen LogP contribution is 2.70. The normalized spacial score (nSPS) is 25.5. The van der Waals surface area contributed by atoms with Crippen molar-refractivity contribution in [1.82, 2.24) is 9.97 Å². The molecule has 0 spiro atoms. The predicted octanol–water partition coefficient (Wildman–Crippen LogP) is 5.91. The second kappa shape index (κ2) is 6.57. The number of hydrogen-bond donors (Lipinski definition) is 1. The highest BCUT2D eigenvalue weighted by atomic mass is 35.5. The van der Waals surface area contributed by atoms with Gasteiger partial charge in [0.15, 0.2) is 0 Å². The summed E-state index contributed by atoms with van der Waals surface area (Å²) in [4.78, 5) is 23.8. The van der Waals surface area contributed by atoms with Gasteiger partial charge in [0, 0.05) is 17.2 Å². The van der Waals surface area contributed by atoms with Crippen LogP contribution in [0.1, 0.15) is 45.0 Å². The van der Waals surface area contributed by atoms with Gasteiger partial charge in [-0.1, -0.05) is 50.0 Å². The summed E-state index contributed by atoms with van der Waals surface area (Å²) in [7, 11) is 1.61. The monoisotopic (exact) mass is 455 g/mol. The van der Waals surface area contributed by atoms with E-state index in [1.807, 2.05) is 24.3 Å². The minimum Gasteiger partial charge on any atom is -0.497 e. The molecule has 1 aromatic heterocycles. The van der Waals surface area contributed by atoms with Crippen molar-refractivity contribution >= 4 is 45.8 Å². The molecule has 2 aliphatic rings. The van der Waals surface area contributed by atoms with Crippen LogP contribution in [0.3, 0.4) is 0 Å². The van der Waals surface area contributed by atoms with Crippen LogP contribution >= 0.6 is 23.2 Å². The van der Waals surface area contributed by atoms with Gasteiger partial charge in [-0.25, -0.2) is 9.97 Å². The number of benzene rings is 2. The highest BCUT2D eigenvalue weighted by molar-refractivity contribution is 6.42. The van der Waals surface area contributed by atoms with E-state index in [0.29, 0.717) is 38.9 Å². The van der Waals surface area contributed by atoms with E-state index < -0.39 is 5.41 Å². The Morgan fingerprint density at radius 2 is 1.65 bits per heavy atom. The van der Waals surface area contributed by atoms with Crippen LogP contribution in [0.15, 0.2) is 36.4 Å². The van der Waals surface area contributed by atoms with E-state index in [0.717, 1.165) is 17.8 Å². The van der Waals surface area contributed by atoms with Gasteiger partial charge in [0.1, 0.15) is 5.75 Å². The van der Waals surface area contributed by atoms with Crippen molar-refractivity contribution < 1.29 is 9.53 Å². The van der Waals surface area contributed by atoms with Crippen LogP contribution in [-0.2, 0) is 15.6 Å². The maximum absolute atomic E-state index is 13.9. The van der Waals surface area contributed by atoms with Crippen LogP contribution in [0, 0.1) is 5.41 Å². The lowest BCUT2D eigenvalue weighted by Crippen LogP contribution is -2.48. The topological polar surface area (TPSA) is 64.1 Å². The van der Waals surface area contributed by atoms with Gasteiger partial charge >= 0.3 is 0 Å². The van der Waals surface area contributed by atoms with Crippen molar-refractivity contribution in [2.75, 3.05) is 12.4 Å². The molecular weight excluding hydrogens is 433 g/mol. The molecule has 1 fully saturated rings. The zero-order valence-corrected chi connectivity index (χ0v) is 19.4. The van der Waals surface area contributed by atoms with Crippen LogP contribution in [0.2, 0.25) is 10.0 Å². The molecule has 5 rings (SSSR count). The predicted molar refractivity (Wildman–Crippen MR) is 123 cm³/mol. The Morgan fingerprint density at radius 3 is 2.29 bits per heavy atom. The van der Waals surface area contributed by atoms with Crippen molar-refractivity contribution in [3.8, 4) is 5.75 Å². The molecule has 5 nitrogen and oxygen atoms in total. The van der Waals surface area contributed by atoms with Crippen LogP contribution in [0.4, 0.5) is 5.69 Å². The summed E-state index contributed by atoms with van der Waals surface area (Å²) in [6.07, 6.45) is 1.57. The number of fused-ring (bicyclic) bond motifs is 6. The molecule has 0 radical (unpaired) electrons. The molecule has 1 amide bonds. The fraction of sp³-hybridized carbons (Fsp3) is 0.375. The first-order chi connectivity index (χ1) is 14.6. The number of methoxy groups -OCH3 is 1. The summed E-state index contributed by atoms with van der Waals surface area (Å²) in [6.45, 7) is 6.50. The number of amides is 1. The number of aromatic nitrogens is 2. The number of nitrogens with zero attached hydrogens (tertiary/aromatic N) is 2. The third kappa shape index (κ3) is 2.53. The Morgan fingerprint density at radius 1 is 1.00 bits per heavy atom. The number of hydrogen-bond acceptors (Lipinski definition) is 4. The summed E-state index contributed by atoms with van der Waals surface area (Å²) >= 11 is 12.5. The molecule has 2 bridgehead atoms. The van der Waals surface area contributed by atoms with E-state index in [9.17, 15) is 4.79 Å².